The summed E-state index contributed by atoms with van der Waals surface area (Å²) in [5.74, 6) is 1.16. The molecule has 4 heteroatoms. The Hall–Kier alpha value is -1.62. The van der Waals surface area contributed by atoms with Crippen molar-refractivity contribution in [2.45, 2.75) is 19.3 Å². The van der Waals surface area contributed by atoms with Gasteiger partial charge >= 0.3 is 0 Å². The molecule has 3 aromatic rings. The normalized spacial score (nSPS) is 10.9. The largest absolute Gasteiger partial charge is 0.507 e. The summed E-state index contributed by atoms with van der Waals surface area (Å²) in [6.07, 6.45) is 0. The van der Waals surface area contributed by atoms with Gasteiger partial charge in [0.15, 0.2) is 0 Å². The second kappa shape index (κ2) is 8.38. The Balaban J connectivity index is 0.00000243. The molecule has 0 aliphatic rings. The smallest absolute Gasteiger partial charge is 0.126 e. The molecule has 0 radical (unpaired) electrons. The molecule has 2 nitrogen and oxygen atoms in total. The van der Waals surface area contributed by atoms with Crippen LogP contribution in [0.2, 0.25) is 0 Å². The Morgan fingerprint density at radius 2 is 1.50 bits per heavy atom. The van der Waals surface area contributed by atoms with E-state index < -0.39 is 0 Å². The van der Waals surface area contributed by atoms with E-state index >= 15 is 0 Å². The molecule has 3 rings (SSSR count). The number of benzene rings is 3. The molecule has 0 heterocycles. The van der Waals surface area contributed by atoms with Crippen molar-refractivity contribution in [2.24, 2.45) is 0 Å². The topological polar surface area (TPSA) is 29.5 Å². The molecule has 0 amide bonds. The SMILES string of the molecule is COc1ccc(C(C)(C)c2ccc(O)c(P)c2)cc1-c1ccccc1.[W]. The Labute approximate surface area is 172 Å². The second-order valence-electron chi connectivity index (χ2n) is 6.68. The fourth-order valence-corrected chi connectivity index (χ4v) is 3.33. The van der Waals surface area contributed by atoms with Crippen LogP contribution in [0.1, 0.15) is 25.0 Å². The molecule has 3 aromatic carbocycles. The van der Waals surface area contributed by atoms with Crippen LogP contribution in [0.5, 0.6) is 11.5 Å². The quantitative estimate of drug-likeness (QED) is 0.484. The molecular formula is C22H23O2PW. The predicted molar refractivity (Wildman–Crippen MR) is 108 cm³/mol. The molecule has 0 aliphatic carbocycles. The maximum Gasteiger partial charge on any atom is 0.126 e. The van der Waals surface area contributed by atoms with E-state index in [4.69, 9.17) is 4.74 Å². The van der Waals surface area contributed by atoms with Crippen molar-refractivity contribution in [3.63, 3.8) is 0 Å². The van der Waals surface area contributed by atoms with E-state index in [1.54, 1.807) is 13.2 Å². The Bertz CT molecular complexity index is 892. The fourth-order valence-electron chi connectivity index (χ4n) is 3.05. The molecule has 0 saturated carbocycles. The summed E-state index contributed by atoms with van der Waals surface area (Å²) in [7, 11) is 4.29. The van der Waals surface area contributed by atoms with Gasteiger partial charge < -0.3 is 9.84 Å². The minimum Gasteiger partial charge on any atom is -0.507 e. The van der Waals surface area contributed by atoms with Crippen molar-refractivity contribution in [3.8, 4) is 22.6 Å². The van der Waals surface area contributed by atoms with Gasteiger partial charge in [-0.3, -0.25) is 0 Å². The van der Waals surface area contributed by atoms with E-state index in [1.165, 1.54) is 5.56 Å². The van der Waals surface area contributed by atoms with Crippen LogP contribution in [0.15, 0.2) is 66.7 Å². The summed E-state index contributed by atoms with van der Waals surface area (Å²) in [6.45, 7) is 4.39. The van der Waals surface area contributed by atoms with Gasteiger partial charge in [0.05, 0.1) is 7.11 Å². The number of phenolic OH excluding ortho intramolecular Hbond substituents is 1. The van der Waals surface area contributed by atoms with Crippen molar-refractivity contribution in [3.05, 3.63) is 77.9 Å². The summed E-state index contributed by atoms with van der Waals surface area (Å²) in [5.41, 5.74) is 4.36. The Kier molecular flexibility index (Phi) is 6.67. The molecule has 26 heavy (non-hydrogen) atoms. The van der Waals surface area contributed by atoms with Gasteiger partial charge in [-0.15, -0.1) is 9.24 Å². The van der Waals surface area contributed by atoms with E-state index in [0.717, 1.165) is 27.7 Å². The van der Waals surface area contributed by atoms with Gasteiger partial charge in [0.1, 0.15) is 11.5 Å². The average molecular weight is 534 g/mol. The number of methoxy groups -OCH3 is 1. The fraction of sp³-hybridized carbons (Fsp3) is 0.182. The number of hydrogen-bond donors (Lipinski definition) is 1. The molecular weight excluding hydrogens is 511 g/mol. The van der Waals surface area contributed by atoms with Crippen LogP contribution in [0.3, 0.4) is 0 Å². The maximum absolute atomic E-state index is 9.80. The average Bonchev–Trinajstić information content (AvgIpc) is 2.64. The van der Waals surface area contributed by atoms with Gasteiger partial charge in [-0.05, 0) is 41.0 Å². The zero-order chi connectivity index (χ0) is 18.0. The van der Waals surface area contributed by atoms with E-state index in [0.29, 0.717) is 5.75 Å². The monoisotopic (exact) mass is 534 g/mol. The molecule has 0 bridgehead atoms. The Morgan fingerprint density at radius 1 is 0.885 bits per heavy atom. The van der Waals surface area contributed by atoms with Crippen molar-refractivity contribution in [1.82, 2.24) is 0 Å². The van der Waals surface area contributed by atoms with Gasteiger partial charge in [0.25, 0.3) is 0 Å². The first-order chi connectivity index (χ1) is 11.9. The third-order valence-electron chi connectivity index (χ3n) is 4.76. The van der Waals surface area contributed by atoms with E-state index in [2.05, 4.69) is 47.4 Å². The molecule has 1 N–H and O–H groups in total. The Morgan fingerprint density at radius 3 is 2.12 bits per heavy atom. The number of ether oxygens (including phenoxy) is 1. The molecule has 134 valence electrons. The minimum atomic E-state index is -0.200. The van der Waals surface area contributed by atoms with Gasteiger partial charge in [0, 0.05) is 37.3 Å². The third kappa shape index (κ3) is 4.03. The summed E-state index contributed by atoms with van der Waals surface area (Å²) in [5, 5.41) is 10.6. The molecule has 1 unspecified atom stereocenters. The molecule has 1 atom stereocenters. The van der Waals surface area contributed by atoms with Crippen LogP contribution in [-0.2, 0) is 26.5 Å². The van der Waals surface area contributed by atoms with Crippen LogP contribution in [-0.4, -0.2) is 12.2 Å². The van der Waals surface area contributed by atoms with Crippen LogP contribution >= 0.6 is 9.24 Å². The third-order valence-corrected chi connectivity index (χ3v) is 5.22. The van der Waals surface area contributed by atoms with Gasteiger partial charge in [0.2, 0.25) is 0 Å². The molecule has 0 aliphatic heterocycles. The van der Waals surface area contributed by atoms with Crippen LogP contribution in [0.4, 0.5) is 0 Å². The number of rotatable bonds is 4. The summed E-state index contributed by atoms with van der Waals surface area (Å²) < 4.78 is 5.57. The zero-order valence-electron chi connectivity index (χ0n) is 15.2. The van der Waals surface area contributed by atoms with Crippen LogP contribution < -0.4 is 10.0 Å². The van der Waals surface area contributed by atoms with E-state index in [1.807, 2.05) is 36.4 Å². The van der Waals surface area contributed by atoms with Gasteiger partial charge in [-0.2, -0.15) is 0 Å². The molecule has 0 spiro atoms. The van der Waals surface area contributed by atoms with Crippen molar-refractivity contribution < 1.29 is 30.9 Å². The van der Waals surface area contributed by atoms with Crippen molar-refractivity contribution >= 4 is 14.5 Å². The molecule has 0 fully saturated rings. The standard InChI is InChI=1S/C22H23O2P.W/c1-22(2,17-9-11-19(23)21(25)14-17)16-10-12-20(24-3)18(13-16)15-7-5-4-6-8-15;/h4-14,23H,25H2,1-3H3;. The summed E-state index contributed by atoms with van der Waals surface area (Å²) in [4.78, 5) is 0. The second-order valence-corrected chi connectivity index (χ2v) is 7.30. The van der Waals surface area contributed by atoms with Crippen molar-refractivity contribution in [2.75, 3.05) is 7.11 Å². The molecule has 0 aromatic heterocycles. The summed E-state index contributed by atoms with van der Waals surface area (Å²) >= 11 is 0. The van der Waals surface area contributed by atoms with Gasteiger partial charge in [-0.25, -0.2) is 0 Å². The number of aromatic hydroxyl groups is 1. The van der Waals surface area contributed by atoms with E-state index in [-0.39, 0.29) is 26.5 Å². The van der Waals surface area contributed by atoms with Gasteiger partial charge in [-0.1, -0.05) is 56.3 Å². The minimum absolute atomic E-state index is 0. The first-order valence-corrected chi connectivity index (χ1v) is 8.84. The number of hydrogen-bond acceptors (Lipinski definition) is 2. The number of phenols is 1. The predicted octanol–water partition coefficient (Wildman–Crippen LogP) is 4.89. The van der Waals surface area contributed by atoms with Crippen LogP contribution in [0, 0.1) is 0 Å². The van der Waals surface area contributed by atoms with Crippen LogP contribution in [0.25, 0.3) is 11.1 Å². The summed E-state index contributed by atoms with van der Waals surface area (Å²) in [6, 6.07) is 22.4. The molecule has 0 saturated heterocycles. The van der Waals surface area contributed by atoms with E-state index in [9.17, 15) is 5.11 Å². The first-order valence-electron chi connectivity index (χ1n) is 8.26. The van der Waals surface area contributed by atoms with Crippen molar-refractivity contribution in [1.29, 1.82) is 0 Å². The maximum atomic E-state index is 9.80. The zero-order valence-corrected chi connectivity index (χ0v) is 19.3. The first kappa shape index (κ1) is 20.7.